The molecule has 0 unspecified atom stereocenters. The summed E-state index contributed by atoms with van der Waals surface area (Å²) in [4.78, 5) is 13.2. The van der Waals surface area contributed by atoms with E-state index >= 15 is 0 Å². The van der Waals surface area contributed by atoms with Crippen molar-refractivity contribution in [3.05, 3.63) is 72.1 Å². The molecule has 0 saturated heterocycles. The maximum Gasteiger partial charge on any atom is 0.213 e. The fourth-order valence-electron chi connectivity index (χ4n) is 4.20. The number of anilines is 2. The molecule has 3 aromatic heterocycles. The molecular formula is C24H26N6O. The number of hydrogen-bond donors (Lipinski definition) is 2. The second kappa shape index (κ2) is 8.26. The van der Waals surface area contributed by atoms with Gasteiger partial charge in [-0.2, -0.15) is 0 Å². The Morgan fingerprint density at radius 3 is 3.00 bits per heavy atom. The minimum atomic E-state index is 0.465. The lowest BCUT2D eigenvalue weighted by Crippen LogP contribution is -2.24. The predicted molar refractivity (Wildman–Crippen MR) is 122 cm³/mol. The van der Waals surface area contributed by atoms with Gasteiger partial charge in [0.15, 0.2) is 0 Å². The fraction of sp³-hybridized carbons (Fsp3) is 0.292. The maximum atomic E-state index is 6.05. The minimum Gasteiger partial charge on any atom is -0.477 e. The van der Waals surface area contributed by atoms with E-state index in [-0.39, 0.29) is 0 Å². The zero-order valence-corrected chi connectivity index (χ0v) is 17.6. The second-order valence-corrected chi connectivity index (χ2v) is 8.11. The molecule has 5 rings (SSSR count). The van der Waals surface area contributed by atoms with Crippen LogP contribution in [0.15, 0.2) is 55.0 Å². The van der Waals surface area contributed by atoms with E-state index in [0.717, 1.165) is 52.9 Å². The highest BCUT2D eigenvalue weighted by Gasteiger charge is 2.20. The Balaban J connectivity index is 1.22. The summed E-state index contributed by atoms with van der Waals surface area (Å²) in [6, 6.07) is 12.0. The standard InChI is InChI=1S/C24H26N6O/c1-16-14-30-10-7-18(11-22(30)29-16)15-31-23-12-17(5-8-26-23)13-28-21-4-2-3-20-19(21)6-9-27-24(20)25/h2-6,8-9,12,14,18,28H,7,10-11,13,15H2,1H3,(H2,25,27)/t18-/m1/s1. The van der Waals surface area contributed by atoms with Crippen LogP contribution in [0.25, 0.3) is 10.8 Å². The first-order chi connectivity index (χ1) is 15.2. The number of nitrogens with one attached hydrogen (secondary N) is 1. The number of aryl methyl sites for hydroxylation is 2. The average molecular weight is 415 g/mol. The monoisotopic (exact) mass is 414 g/mol. The lowest BCUT2D eigenvalue weighted by molar-refractivity contribution is 0.212. The number of ether oxygens (including phenoxy) is 1. The van der Waals surface area contributed by atoms with Gasteiger partial charge in [0.05, 0.1) is 12.3 Å². The molecule has 0 fully saturated rings. The van der Waals surface area contributed by atoms with Crippen molar-refractivity contribution < 1.29 is 4.74 Å². The molecule has 0 amide bonds. The van der Waals surface area contributed by atoms with Crippen molar-refractivity contribution in [2.45, 2.75) is 32.9 Å². The smallest absolute Gasteiger partial charge is 0.213 e. The lowest BCUT2D eigenvalue weighted by atomic mass is 9.99. The fourth-order valence-corrected chi connectivity index (χ4v) is 4.20. The summed E-state index contributed by atoms with van der Waals surface area (Å²) in [5.74, 6) is 2.83. The predicted octanol–water partition coefficient (Wildman–Crippen LogP) is 3.97. The number of nitrogens with two attached hydrogens (primary N) is 1. The number of rotatable bonds is 6. The Morgan fingerprint density at radius 2 is 2.06 bits per heavy atom. The van der Waals surface area contributed by atoms with E-state index in [9.17, 15) is 0 Å². The lowest BCUT2D eigenvalue weighted by Gasteiger charge is -2.23. The zero-order valence-electron chi connectivity index (χ0n) is 17.6. The molecule has 7 nitrogen and oxygen atoms in total. The van der Waals surface area contributed by atoms with Crippen molar-refractivity contribution in [1.29, 1.82) is 0 Å². The molecule has 158 valence electrons. The van der Waals surface area contributed by atoms with Gasteiger partial charge in [-0.05, 0) is 37.1 Å². The van der Waals surface area contributed by atoms with Gasteiger partial charge in [-0.3, -0.25) is 0 Å². The number of imidazole rings is 1. The van der Waals surface area contributed by atoms with Crippen LogP contribution in [0.3, 0.4) is 0 Å². The van der Waals surface area contributed by atoms with Crippen LogP contribution in [0.4, 0.5) is 11.5 Å². The third kappa shape index (κ3) is 4.17. The molecule has 4 aromatic rings. The van der Waals surface area contributed by atoms with Crippen LogP contribution in [0.1, 0.15) is 23.5 Å². The Morgan fingerprint density at radius 1 is 1.16 bits per heavy atom. The van der Waals surface area contributed by atoms with Gasteiger partial charge in [-0.15, -0.1) is 0 Å². The molecule has 31 heavy (non-hydrogen) atoms. The van der Waals surface area contributed by atoms with Gasteiger partial charge in [0.2, 0.25) is 5.88 Å². The molecule has 3 N–H and O–H groups in total. The van der Waals surface area contributed by atoms with E-state index in [0.29, 0.717) is 30.8 Å². The van der Waals surface area contributed by atoms with Gasteiger partial charge in [0, 0.05) is 66.5 Å². The summed E-state index contributed by atoms with van der Waals surface area (Å²) in [6.07, 6.45) is 7.72. The highest BCUT2D eigenvalue weighted by Crippen LogP contribution is 2.27. The summed E-state index contributed by atoms with van der Waals surface area (Å²) in [6.45, 7) is 4.38. The first-order valence-electron chi connectivity index (χ1n) is 10.6. The third-order valence-corrected chi connectivity index (χ3v) is 5.82. The number of hydrogen-bond acceptors (Lipinski definition) is 6. The third-order valence-electron chi connectivity index (χ3n) is 5.82. The van der Waals surface area contributed by atoms with Crippen LogP contribution in [-0.4, -0.2) is 26.1 Å². The average Bonchev–Trinajstić information content (AvgIpc) is 3.16. The summed E-state index contributed by atoms with van der Waals surface area (Å²) in [5, 5.41) is 5.51. The summed E-state index contributed by atoms with van der Waals surface area (Å²) >= 11 is 0. The Hall–Kier alpha value is -3.61. The van der Waals surface area contributed by atoms with E-state index in [1.807, 2.05) is 37.3 Å². The Labute approximate surface area is 181 Å². The summed E-state index contributed by atoms with van der Waals surface area (Å²) in [7, 11) is 0. The number of aromatic nitrogens is 4. The molecule has 0 saturated carbocycles. The normalized spacial score (nSPS) is 15.6. The molecule has 1 atom stereocenters. The number of nitrogens with zero attached hydrogens (tertiary/aromatic N) is 4. The van der Waals surface area contributed by atoms with Gasteiger partial charge < -0.3 is 20.4 Å². The Bertz CT molecular complexity index is 1220. The van der Waals surface area contributed by atoms with Crippen LogP contribution in [-0.2, 0) is 19.5 Å². The van der Waals surface area contributed by atoms with Crippen molar-refractivity contribution in [2.75, 3.05) is 17.7 Å². The first-order valence-corrected chi connectivity index (χ1v) is 10.6. The largest absolute Gasteiger partial charge is 0.477 e. The van der Waals surface area contributed by atoms with Gasteiger partial charge in [0.1, 0.15) is 11.6 Å². The molecule has 7 heteroatoms. The number of benzene rings is 1. The van der Waals surface area contributed by atoms with Crippen molar-refractivity contribution in [3.63, 3.8) is 0 Å². The SMILES string of the molecule is Cc1cn2c(n1)C[C@H](COc1cc(CNc3cccc4c(N)nccc34)ccn1)CC2. The number of fused-ring (bicyclic) bond motifs is 2. The quantitative estimate of drug-likeness (QED) is 0.496. The molecular weight excluding hydrogens is 388 g/mol. The first kappa shape index (κ1) is 19.4. The topological polar surface area (TPSA) is 90.9 Å². The molecule has 0 spiro atoms. The molecule has 4 heterocycles. The molecule has 1 aromatic carbocycles. The van der Waals surface area contributed by atoms with E-state index in [1.54, 1.807) is 12.4 Å². The van der Waals surface area contributed by atoms with Crippen LogP contribution in [0.2, 0.25) is 0 Å². The zero-order chi connectivity index (χ0) is 21.2. The van der Waals surface area contributed by atoms with Crippen LogP contribution >= 0.6 is 0 Å². The van der Waals surface area contributed by atoms with E-state index in [2.05, 4.69) is 37.1 Å². The van der Waals surface area contributed by atoms with E-state index in [1.165, 1.54) is 0 Å². The molecule has 1 aliphatic rings. The highest BCUT2D eigenvalue weighted by atomic mass is 16.5. The van der Waals surface area contributed by atoms with Gasteiger partial charge >= 0.3 is 0 Å². The van der Waals surface area contributed by atoms with Gasteiger partial charge in [0.25, 0.3) is 0 Å². The molecule has 0 radical (unpaired) electrons. The van der Waals surface area contributed by atoms with Crippen LogP contribution in [0.5, 0.6) is 5.88 Å². The van der Waals surface area contributed by atoms with E-state index in [4.69, 9.17) is 10.5 Å². The molecule has 1 aliphatic heterocycles. The number of pyridine rings is 2. The highest BCUT2D eigenvalue weighted by molar-refractivity contribution is 5.99. The summed E-state index contributed by atoms with van der Waals surface area (Å²) in [5.41, 5.74) is 9.23. The Kier molecular flexibility index (Phi) is 5.16. The van der Waals surface area contributed by atoms with Crippen LogP contribution < -0.4 is 15.8 Å². The maximum absolute atomic E-state index is 6.05. The molecule has 0 bridgehead atoms. The second-order valence-electron chi connectivity index (χ2n) is 8.11. The summed E-state index contributed by atoms with van der Waals surface area (Å²) < 4.78 is 8.30. The van der Waals surface area contributed by atoms with Crippen molar-refractivity contribution in [1.82, 2.24) is 19.5 Å². The van der Waals surface area contributed by atoms with Crippen molar-refractivity contribution in [3.8, 4) is 5.88 Å². The number of nitrogen functional groups attached to an aromatic ring is 1. The van der Waals surface area contributed by atoms with Gasteiger partial charge in [-0.25, -0.2) is 15.0 Å². The van der Waals surface area contributed by atoms with Crippen molar-refractivity contribution >= 4 is 22.3 Å². The van der Waals surface area contributed by atoms with E-state index < -0.39 is 0 Å². The van der Waals surface area contributed by atoms with Gasteiger partial charge in [-0.1, -0.05) is 12.1 Å². The van der Waals surface area contributed by atoms with Crippen molar-refractivity contribution in [2.24, 2.45) is 5.92 Å². The molecule has 0 aliphatic carbocycles. The van der Waals surface area contributed by atoms with Crippen LogP contribution in [0, 0.1) is 12.8 Å². The minimum absolute atomic E-state index is 0.465.